The Labute approximate surface area is 334 Å². The molecular formula is C39H45F18NO2. The average molecular weight is 902 g/mol. The molecule has 0 aliphatic carbocycles. The van der Waals surface area contributed by atoms with Crippen LogP contribution in [0.15, 0.2) is 47.5 Å². The Morgan fingerprint density at radius 1 is 0.467 bits per heavy atom. The fourth-order valence-corrected chi connectivity index (χ4v) is 5.59. The Balaban J connectivity index is 2.02. The Kier molecular flexibility index (Phi) is 18.8. The maximum absolute atomic E-state index is 13.8. The van der Waals surface area contributed by atoms with Crippen LogP contribution in [0.4, 0.5) is 84.7 Å². The van der Waals surface area contributed by atoms with Gasteiger partial charge in [-0.25, -0.2) is 0 Å². The minimum atomic E-state index is -6.97. The standard InChI is InChI=1S/C39H45F18NO2/c1-2-3-4-9-14-27-15-18-29(19-16-27)58-26-28-17-20-30(59-23-12-7-5-10-21-32(40,41)34(44,45)36(48,49)38(52,53)54)31(25-28)60-24-13-8-6-11-22-33(42,43)35(46,47)37(50,51)39(55,56)57/h15-20,25-26H,2-14,21-24H2,1H3. The lowest BCUT2D eigenvalue weighted by atomic mass is 9.98. The van der Waals surface area contributed by atoms with Crippen LogP contribution in [-0.2, 0) is 6.42 Å². The zero-order valence-electron chi connectivity index (χ0n) is 32.2. The summed E-state index contributed by atoms with van der Waals surface area (Å²) in [5, 5.41) is 0. The Morgan fingerprint density at radius 3 is 1.35 bits per heavy atom. The third kappa shape index (κ3) is 13.7. The molecule has 0 amide bonds. The van der Waals surface area contributed by atoms with Crippen molar-refractivity contribution in [3.63, 3.8) is 0 Å². The summed E-state index contributed by atoms with van der Waals surface area (Å²) in [6, 6.07) is 12.0. The molecule has 21 heteroatoms. The van der Waals surface area contributed by atoms with Gasteiger partial charge in [0.15, 0.2) is 11.5 Å². The van der Waals surface area contributed by atoms with Crippen molar-refractivity contribution < 1.29 is 88.5 Å². The number of unbranched alkanes of at least 4 members (excludes halogenated alkanes) is 9. The monoisotopic (exact) mass is 901 g/mol. The first-order valence-corrected chi connectivity index (χ1v) is 19.0. The first-order chi connectivity index (χ1) is 27.6. The highest BCUT2D eigenvalue weighted by Gasteiger charge is 2.82. The first-order valence-electron chi connectivity index (χ1n) is 19.0. The van der Waals surface area contributed by atoms with E-state index in [1.54, 1.807) is 6.07 Å². The van der Waals surface area contributed by atoms with Gasteiger partial charge in [0.05, 0.1) is 18.9 Å². The molecule has 0 aliphatic rings. The number of benzene rings is 2. The molecule has 0 radical (unpaired) electrons. The van der Waals surface area contributed by atoms with E-state index in [9.17, 15) is 79.0 Å². The van der Waals surface area contributed by atoms with Crippen LogP contribution < -0.4 is 9.47 Å². The van der Waals surface area contributed by atoms with E-state index in [0.717, 1.165) is 37.7 Å². The summed E-state index contributed by atoms with van der Waals surface area (Å²) >= 11 is 0. The third-order valence-corrected chi connectivity index (χ3v) is 9.29. The SMILES string of the molecule is CCCCCCc1ccc(N=Cc2ccc(OCCCCCCC(F)(F)C(F)(F)C(F)(F)C(F)(F)F)c(OCCCCCCC(F)(F)C(F)(F)C(F)(F)C(F)(F)F)c2)cc1. The van der Waals surface area contributed by atoms with Gasteiger partial charge in [-0.15, -0.1) is 0 Å². The summed E-state index contributed by atoms with van der Waals surface area (Å²) in [6.07, 6.45) is -13.1. The molecule has 2 aromatic carbocycles. The Bertz CT molecular complexity index is 1610. The first kappa shape index (κ1) is 52.6. The van der Waals surface area contributed by atoms with E-state index in [-0.39, 0.29) is 63.2 Å². The van der Waals surface area contributed by atoms with Gasteiger partial charge in [0.1, 0.15) is 0 Å². The van der Waals surface area contributed by atoms with Gasteiger partial charge in [-0.2, -0.15) is 79.0 Å². The van der Waals surface area contributed by atoms with Gasteiger partial charge in [0.2, 0.25) is 0 Å². The summed E-state index contributed by atoms with van der Waals surface area (Å²) in [5.74, 6) is -38.5. The van der Waals surface area contributed by atoms with Gasteiger partial charge in [0.25, 0.3) is 0 Å². The highest BCUT2D eigenvalue weighted by Crippen LogP contribution is 2.55. The van der Waals surface area contributed by atoms with E-state index < -0.39 is 73.6 Å². The fourth-order valence-electron chi connectivity index (χ4n) is 5.59. The number of hydrogen-bond donors (Lipinski definition) is 0. The van der Waals surface area contributed by atoms with Crippen molar-refractivity contribution in [2.45, 2.75) is 151 Å². The molecule has 0 unspecified atom stereocenters. The van der Waals surface area contributed by atoms with Crippen molar-refractivity contribution in [3.05, 3.63) is 53.6 Å². The molecule has 0 bridgehead atoms. The van der Waals surface area contributed by atoms with E-state index in [1.165, 1.54) is 18.3 Å². The molecule has 0 spiro atoms. The summed E-state index contributed by atoms with van der Waals surface area (Å²) in [6.45, 7) is 1.79. The van der Waals surface area contributed by atoms with Crippen molar-refractivity contribution in [2.75, 3.05) is 13.2 Å². The predicted octanol–water partition coefficient (Wildman–Crippen LogP) is 15.2. The van der Waals surface area contributed by atoms with Gasteiger partial charge in [-0.05, 0) is 80.0 Å². The molecule has 3 nitrogen and oxygen atoms in total. The average Bonchev–Trinajstić information content (AvgIpc) is 3.14. The van der Waals surface area contributed by atoms with Gasteiger partial charge in [0, 0.05) is 19.1 Å². The number of ether oxygens (including phenoxy) is 2. The van der Waals surface area contributed by atoms with Crippen molar-refractivity contribution in [1.82, 2.24) is 0 Å². The molecule has 0 heterocycles. The second kappa shape index (κ2) is 21.5. The van der Waals surface area contributed by atoms with Crippen LogP contribution in [0.1, 0.15) is 108 Å². The molecule has 0 fully saturated rings. The van der Waals surface area contributed by atoms with Crippen LogP contribution >= 0.6 is 0 Å². The highest BCUT2D eigenvalue weighted by molar-refractivity contribution is 5.83. The third-order valence-electron chi connectivity index (χ3n) is 9.29. The van der Waals surface area contributed by atoms with Crippen LogP contribution in [0.25, 0.3) is 0 Å². The topological polar surface area (TPSA) is 30.8 Å². The van der Waals surface area contributed by atoms with Crippen LogP contribution in [0, 0.1) is 0 Å². The molecule has 0 saturated heterocycles. The van der Waals surface area contributed by atoms with Crippen molar-refractivity contribution >= 4 is 11.9 Å². The molecule has 0 N–H and O–H groups in total. The smallest absolute Gasteiger partial charge is 0.460 e. The molecule has 0 saturated carbocycles. The number of aliphatic imine (C=N–C) groups is 1. The zero-order chi connectivity index (χ0) is 45.7. The number of aryl methyl sites for hydroxylation is 1. The zero-order valence-corrected chi connectivity index (χ0v) is 32.2. The summed E-state index contributed by atoms with van der Waals surface area (Å²) in [7, 11) is 0. The van der Waals surface area contributed by atoms with Crippen LogP contribution in [-0.4, -0.2) is 67.3 Å². The predicted molar refractivity (Wildman–Crippen MR) is 187 cm³/mol. The van der Waals surface area contributed by atoms with Crippen LogP contribution in [0.2, 0.25) is 0 Å². The normalized spacial score (nSPS) is 14.0. The second-order valence-electron chi connectivity index (χ2n) is 14.2. The number of nitrogens with zero attached hydrogens (tertiary/aromatic N) is 1. The minimum absolute atomic E-state index is 0.00535. The molecule has 0 atom stereocenters. The van der Waals surface area contributed by atoms with Crippen molar-refractivity contribution in [2.24, 2.45) is 4.99 Å². The molecule has 344 valence electrons. The summed E-state index contributed by atoms with van der Waals surface area (Å²) in [5.41, 5.74) is 2.21. The van der Waals surface area contributed by atoms with Crippen molar-refractivity contribution in [3.8, 4) is 11.5 Å². The van der Waals surface area contributed by atoms with Gasteiger partial charge in [-0.3, -0.25) is 4.99 Å². The lowest BCUT2D eigenvalue weighted by Gasteiger charge is -2.33. The van der Waals surface area contributed by atoms with Gasteiger partial charge in [-0.1, -0.05) is 64.0 Å². The highest BCUT2D eigenvalue weighted by atomic mass is 19.4. The largest absolute Gasteiger partial charge is 0.490 e. The van der Waals surface area contributed by atoms with E-state index >= 15 is 0 Å². The molecular weight excluding hydrogens is 856 g/mol. The van der Waals surface area contributed by atoms with Gasteiger partial charge >= 0.3 is 47.9 Å². The van der Waals surface area contributed by atoms with E-state index in [1.807, 2.05) is 24.3 Å². The van der Waals surface area contributed by atoms with E-state index in [4.69, 9.17) is 9.47 Å². The second-order valence-corrected chi connectivity index (χ2v) is 14.2. The molecule has 0 aliphatic heterocycles. The van der Waals surface area contributed by atoms with Crippen LogP contribution in [0.3, 0.4) is 0 Å². The van der Waals surface area contributed by atoms with Crippen LogP contribution in [0.5, 0.6) is 11.5 Å². The molecule has 2 aromatic rings. The number of rotatable bonds is 27. The number of alkyl halides is 18. The maximum Gasteiger partial charge on any atom is 0.460 e. The fraction of sp³-hybridized carbons (Fsp3) is 0.667. The van der Waals surface area contributed by atoms with Crippen molar-refractivity contribution in [1.29, 1.82) is 0 Å². The lowest BCUT2D eigenvalue weighted by molar-refractivity contribution is -0.396. The minimum Gasteiger partial charge on any atom is -0.490 e. The Hall–Kier alpha value is -3.55. The Morgan fingerprint density at radius 2 is 0.900 bits per heavy atom. The maximum atomic E-state index is 13.8. The molecule has 60 heavy (non-hydrogen) atoms. The summed E-state index contributed by atoms with van der Waals surface area (Å²) in [4.78, 5) is 4.41. The quantitative estimate of drug-likeness (QED) is 0.0508. The van der Waals surface area contributed by atoms with Gasteiger partial charge < -0.3 is 9.47 Å². The number of hydrogen-bond acceptors (Lipinski definition) is 3. The summed E-state index contributed by atoms with van der Waals surface area (Å²) < 4.78 is 247. The van der Waals surface area contributed by atoms with E-state index in [2.05, 4.69) is 11.9 Å². The lowest BCUT2D eigenvalue weighted by Crippen LogP contribution is -2.60. The van der Waals surface area contributed by atoms with E-state index in [0.29, 0.717) is 11.3 Å². The molecule has 2 rings (SSSR count). The molecule has 0 aromatic heterocycles. The number of halogens is 18.